The van der Waals surface area contributed by atoms with E-state index in [2.05, 4.69) is 61.5 Å². The minimum atomic E-state index is 0.334. The van der Waals surface area contributed by atoms with Crippen LogP contribution in [-0.2, 0) is 0 Å². The van der Waals surface area contributed by atoms with Crippen molar-refractivity contribution in [2.75, 3.05) is 5.43 Å². The Labute approximate surface area is 125 Å². The average Bonchev–Trinajstić information content (AvgIpc) is 3.07. The molecule has 1 heterocycles. The number of hydrogen-bond acceptors (Lipinski definition) is 5. The van der Waals surface area contributed by atoms with Crippen molar-refractivity contribution in [1.29, 1.82) is 0 Å². The number of aromatic nitrogens is 4. The first-order valence-electron chi connectivity index (χ1n) is 6.85. The number of fused-ring (bicyclic) bond motifs is 2. The van der Waals surface area contributed by atoms with Gasteiger partial charge in [0.05, 0.1) is 6.21 Å². The largest absolute Gasteiger partial charge is 0.283 e. The highest BCUT2D eigenvalue weighted by atomic mass is 15.5. The molecule has 0 spiro atoms. The molecule has 0 unspecified atom stereocenters. The van der Waals surface area contributed by atoms with Gasteiger partial charge in [-0.25, -0.2) is 5.43 Å². The van der Waals surface area contributed by atoms with Crippen LogP contribution >= 0.6 is 0 Å². The van der Waals surface area contributed by atoms with Gasteiger partial charge in [0.25, 0.3) is 5.95 Å². The van der Waals surface area contributed by atoms with E-state index in [0.29, 0.717) is 5.95 Å². The van der Waals surface area contributed by atoms with E-state index in [1.165, 1.54) is 10.8 Å². The molecule has 106 valence electrons. The summed E-state index contributed by atoms with van der Waals surface area (Å²) in [4.78, 5) is 0. The van der Waals surface area contributed by atoms with Gasteiger partial charge in [0.2, 0.25) is 0 Å². The van der Waals surface area contributed by atoms with Crippen LogP contribution in [0.1, 0.15) is 5.56 Å². The van der Waals surface area contributed by atoms with Crippen LogP contribution in [0, 0.1) is 0 Å². The summed E-state index contributed by atoms with van der Waals surface area (Å²) < 4.78 is 0. The molecule has 1 aromatic heterocycles. The molecule has 3 aromatic carbocycles. The summed E-state index contributed by atoms with van der Waals surface area (Å²) in [5, 5.41) is 22.3. The number of aromatic amines is 1. The molecule has 0 atom stereocenters. The van der Waals surface area contributed by atoms with E-state index in [1.807, 2.05) is 24.3 Å². The third-order valence-corrected chi connectivity index (χ3v) is 3.52. The first kappa shape index (κ1) is 12.5. The summed E-state index contributed by atoms with van der Waals surface area (Å²) in [5.74, 6) is 0.334. The Morgan fingerprint density at radius 3 is 2.27 bits per heavy atom. The van der Waals surface area contributed by atoms with Crippen LogP contribution in [0.2, 0.25) is 0 Å². The molecule has 6 heteroatoms. The van der Waals surface area contributed by atoms with E-state index >= 15 is 0 Å². The zero-order valence-electron chi connectivity index (χ0n) is 11.6. The van der Waals surface area contributed by atoms with Crippen LogP contribution < -0.4 is 5.43 Å². The first-order valence-corrected chi connectivity index (χ1v) is 6.85. The van der Waals surface area contributed by atoms with Gasteiger partial charge in [-0.1, -0.05) is 53.6 Å². The third-order valence-electron chi connectivity index (χ3n) is 3.52. The Hall–Kier alpha value is -3.28. The van der Waals surface area contributed by atoms with E-state index in [0.717, 1.165) is 16.3 Å². The summed E-state index contributed by atoms with van der Waals surface area (Å²) in [6, 6.07) is 18.7. The van der Waals surface area contributed by atoms with Crippen LogP contribution in [0.25, 0.3) is 21.5 Å². The summed E-state index contributed by atoms with van der Waals surface area (Å²) >= 11 is 0. The van der Waals surface area contributed by atoms with Gasteiger partial charge in [0.1, 0.15) is 0 Å². The second-order valence-corrected chi connectivity index (χ2v) is 4.84. The predicted molar refractivity (Wildman–Crippen MR) is 86.8 cm³/mol. The Kier molecular flexibility index (Phi) is 2.97. The van der Waals surface area contributed by atoms with E-state index in [4.69, 9.17) is 0 Å². The molecular weight excluding hydrogens is 276 g/mol. The fourth-order valence-corrected chi connectivity index (χ4v) is 2.55. The lowest BCUT2D eigenvalue weighted by Gasteiger charge is -2.07. The van der Waals surface area contributed by atoms with E-state index < -0.39 is 0 Å². The number of nitrogens with zero attached hydrogens (tertiary/aromatic N) is 4. The Morgan fingerprint density at radius 1 is 0.955 bits per heavy atom. The van der Waals surface area contributed by atoms with Gasteiger partial charge in [0, 0.05) is 5.56 Å². The molecule has 22 heavy (non-hydrogen) atoms. The SMILES string of the molecule is C(=N\Nc1nn[nH]n1)/c1c2ccccc2cc2ccccc12. The lowest BCUT2D eigenvalue weighted by Crippen LogP contribution is -1.94. The molecule has 0 aliphatic carbocycles. The van der Waals surface area contributed by atoms with Gasteiger partial charge in [-0.2, -0.15) is 10.3 Å². The Bertz CT molecular complexity index is 905. The minimum Gasteiger partial charge on any atom is -0.243 e. The minimum absolute atomic E-state index is 0.334. The molecule has 0 saturated heterocycles. The number of anilines is 1. The van der Waals surface area contributed by atoms with Crippen molar-refractivity contribution in [2.45, 2.75) is 0 Å². The fraction of sp³-hybridized carbons (Fsp3) is 0. The highest BCUT2D eigenvalue weighted by molar-refractivity contribution is 6.13. The molecule has 0 radical (unpaired) electrons. The quantitative estimate of drug-likeness (QED) is 0.345. The number of benzene rings is 3. The number of nitrogens with one attached hydrogen (secondary N) is 2. The van der Waals surface area contributed by atoms with E-state index in [-0.39, 0.29) is 0 Å². The zero-order valence-corrected chi connectivity index (χ0v) is 11.6. The summed E-state index contributed by atoms with van der Waals surface area (Å²) in [6.45, 7) is 0. The number of H-pyrrole nitrogens is 1. The number of tetrazole rings is 1. The first-order chi connectivity index (χ1) is 10.9. The van der Waals surface area contributed by atoms with Gasteiger partial charge in [-0.05, 0) is 32.8 Å². The molecule has 0 saturated carbocycles. The zero-order chi connectivity index (χ0) is 14.8. The van der Waals surface area contributed by atoms with Gasteiger partial charge in [0.15, 0.2) is 0 Å². The van der Waals surface area contributed by atoms with Crippen LogP contribution in [0.4, 0.5) is 5.95 Å². The number of hydrogen-bond donors (Lipinski definition) is 2. The molecular formula is C16H12N6. The van der Waals surface area contributed by atoms with Crippen molar-refractivity contribution in [3.05, 3.63) is 60.2 Å². The maximum atomic E-state index is 4.22. The van der Waals surface area contributed by atoms with Crippen molar-refractivity contribution in [3.63, 3.8) is 0 Å². The van der Waals surface area contributed by atoms with Gasteiger partial charge >= 0.3 is 0 Å². The summed E-state index contributed by atoms with van der Waals surface area (Å²) in [7, 11) is 0. The van der Waals surface area contributed by atoms with Gasteiger partial charge < -0.3 is 0 Å². The summed E-state index contributed by atoms with van der Waals surface area (Å²) in [6.07, 6.45) is 1.79. The molecule has 6 nitrogen and oxygen atoms in total. The standard InChI is InChI=1S/C16H12N6/c1-3-7-13-11(5-1)9-12-6-2-4-8-14(12)15(13)10-17-18-16-19-21-22-20-16/h1-10H,(H2,18,19,20,21,22)/b17-10+. The number of rotatable bonds is 3. The van der Waals surface area contributed by atoms with Crippen LogP contribution in [0.5, 0.6) is 0 Å². The van der Waals surface area contributed by atoms with E-state index in [1.54, 1.807) is 6.21 Å². The molecule has 0 bridgehead atoms. The topological polar surface area (TPSA) is 78.9 Å². The maximum Gasteiger partial charge on any atom is 0.283 e. The summed E-state index contributed by atoms with van der Waals surface area (Å²) in [5.41, 5.74) is 3.82. The molecule has 0 aliphatic heterocycles. The second kappa shape index (κ2) is 5.25. The molecule has 2 N–H and O–H groups in total. The third kappa shape index (κ3) is 2.16. The second-order valence-electron chi connectivity index (χ2n) is 4.84. The lowest BCUT2D eigenvalue weighted by molar-refractivity contribution is 0.881. The smallest absolute Gasteiger partial charge is 0.243 e. The van der Waals surface area contributed by atoms with Crippen molar-refractivity contribution in [3.8, 4) is 0 Å². The predicted octanol–water partition coefficient (Wildman–Crippen LogP) is 2.95. The molecule has 4 aromatic rings. The van der Waals surface area contributed by atoms with Crippen molar-refractivity contribution in [2.24, 2.45) is 5.10 Å². The van der Waals surface area contributed by atoms with Crippen LogP contribution in [-0.4, -0.2) is 26.8 Å². The lowest BCUT2D eigenvalue weighted by atomic mass is 9.97. The molecule has 0 aliphatic rings. The van der Waals surface area contributed by atoms with Crippen molar-refractivity contribution >= 4 is 33.7 Å². The van der Waals surface area contributed by atoms with Gasteiger partial charge in [-0.3, -0.25) is 0 Å². The highest BCUT2D eigenvalue weighted by Gasteiger charge is 2.05. The monoisotopic (exact) mass is 288 g/mol. The normalized spacial score (nSPS) is 11.5. The highest BCUT2D eigenvalue weighted by Crippen LogP contribution is 2.27. The van der Waals surface area contributed by atoms with Crippen molar-refractivity contribution in [1.82, 2.24) is 20.6 Å². The Balaban J connectivity index is 1.87. The number of hydrazone groups is 1. The molecule has 4 rings (SSSR count). The Morgan fingerprint density at radius 2 is 1.64 bits per heavy atom. The maximum absolute atomic E-state index is 4.22. The van der Waals surface area contributed by atoms with Crippen LogP contribution in [0.3, 0.4) is 0 Å². The van der Waals surface area contributed by atoms with Crippen molar-refractivity contribution < 1.29 is 0 Å². The average molecular weight is 288 g/mol. The van der Waals surface area contributed by atoms with Gasteiger partial charge in [-0.15, -0.1) is 5.10 Å². The fourth-order valence-electron chi connectivity index (χ4n) is 2.55. The molecule has 0 fully saturated rings. The van der Waals surface area contributed by atoms with E-state index in [9.17, 15) is 0 Å². The molecule has 0 amide bonds. The van der Waals surface area contributed by atoms with Crippen LogP contribution in [0.15, 0.2) is 59.7 Å².